The fourth-order valence-corrected chi connectivity index (χ4v) is 5.46. The van der Waals surface area contributed by atoms with Gasteiger partial charge in [0.25, 0.3) is 0 Å². The van der Waals surface area contributed by atoms with Crippen molar-refractivity contribution >= 4 is 5.57 Å². The third kappa shape index (κ3) is 5.65. The lowest BCUT2D eigenvalue weighted by Gasteiger charge is -2.29. The van der Waals surface area contributed by atoms with E-state index in [-0.39, 0.29) is 11.7 Å². The minimum absolute atomic E-state index is 0.190. The Kier molecular flexibility index (Phi) is 7.82. The molecule has 4 heteroatoms. The highest BCUT2D eigenvalue weighted by Gasteiger charge is 2.25. The van der Waals surface area contributed by atoms with Crippen molar-refractivity contribution in [1.82, 2.24) is 0 Å². The first kappa shape index (κ1) is 23.9. The van der Waals surface area contributed by atoms with Gasteiger partial charge in [-0.2, -0.15) is 0 Å². The van der Waals surface area contributed by atoms with Gasteiger partial charge in [-0.3, -0.25) is 0 Å². The lowest BCUT2D eigenvalue weighted by molar-refractivity contribution is 0.304. The van der Waals surface area contributed by atoms with Crippen molar-refractivity contribution in [3.05, 3.63) is 70.5 Å². The molecule has 1 unspecified atom stereocenters. The number of benzene rings is 2. The quantitative estimate of drug-likeness (QED) is 0.405. The molecule has 2 aliphatic carbocycles. The summed E-state index contributed by atoms with van der Waals surface area (Å²) in [6.07, 6.45) is 10.1. The molecule has 0 N–H and O–H groups in total. The second kappa shape index (κ2) is 10.8. The monoisotopic (exact) mass is 456 g/mol. The topological polar surface area (TPSA) is 9.23 Å². The van der Waals surface area contributed by atoms with Gasteiger partial charge in [0, 0.05) is 11.6 Å². The van der Waals surface area contributed by atoms with Gasteiger partial charge in [-0.15, -0.1) is 0 Å². The number of allylic oxidation sites excluding steroid dienone is 2. The van der Waals surface area contributed by atoms with E-state index in [2.05, 4.69) is 13.0 Å². The molecule has 178 valence electrons. The molecule has 0 bridgehead atoms. The second-order valence-electron chi connectivity index (χ2n) is 9.88. The van der Waals surface area contributed by atoms with E-state index in [0.717, 1.165) is 62.5 Å². The summed E-state index contributed by atoms with van der Waals surface area (Å²) >= 11 is 0. The van der Waals surface area contributed by atoms with Gasteiger partial charge < -0.3 is 4.74 Å². The highest BCUT2D eigenvalue weighted by atomic mass is 19.2. The van der Waals surface area contributed by atoms with Gasteiger partial charge in [0.15, 0.2) is 11.6 Å². The van der Waals surface area contributed by atoms with Crippen molar-refractivity contribution in [2.45, 2.75) is 77.6 Å². The number of ether oxygens (including phenoxy) is 1. The number of rotatable bonds is 7. The Labute approximate surface area is 196 Å². The second-order valence-corrected chi connectivity index (χ2v) is 9.88. The highest BCUT2D eigenvalue weighted by molar-refractivity contribution is 5.67. The molecule has 2 aliphatic rings. The Morgan fingerprint density at radius 1 is 0.939 bits per heavy atom. The van der Waals surface area contributed by atoms with E-state index in [1.165, 1.54) is 6.07 Å². The van der Waals surface area contributed by atoms with Gasteiger partial charge in [-0.1, -0.05) is 31.2 Å². The Hall–Kier alpha value is -2.23. The molecule has 1 fully saturated rings. The number of halogens is 3. The van der Waals surface area contributed by atoms with Gasteiger partial charge in [0.05, 0.1) is 6.61 Å². The molecule has 0 radical (unpaired) electrons. The summed E-state index contributed by atoms with van der Waals surface area (Å²) in [5.41, 5.74) is 2.62. The van der Waals surface area contributed by atoms with Crippen molar-refractivity contribution < 1.29 is 17.9 Å². The Balaban J connectivity index is 1.32. The van der Waals surface area contributed by atoms with Crippen LogP contribution in [-0.2, 0) is 6.42 Å². The molecular weight excluding hydrogens is 421 g/mol. The largest absolute Gasteiger partial charge is 0.494 e. The molecule has 1 saturated carbocycles. The zero-order valence-corrected chi connectivity index (χ0v) is 19.8. The van der Waals surface area contributed by atoms with Crippen LogP contribution in [0, 0.1) is 29.3 Å². The van der Waals surface area contributed by atoms with E-state index in [0.29, 0.717) is 41.7 Å². The predicted molar refractivity (Wildman–Crippen MR) is 128 cm³/mol. The summed E-state index contributed by atoms with van der Waals surface area (Å²) in [5, 5.41) is 0. The fourth-order valence-electron chi connectivity index (χ4n) is 5.46. The Morgan fingerprint density at radius 3 is 2.39 bits per heavy atom. The van der Waals surface area contributed by atoms with Crippen molar-refractivity contribution in [3.63, 3.8) is 0 Å². The van der Waals surface area contributed by atoms with E-state index in [1.54, 1.807) is 12.1 Å². The smallest absolute Gasteiger partial charge is 0.166 e. The summed E-state index contributed by atoms with van der Waals surface area (Å²) in [4.78, 5) is 0. The molecule has 1 atom stereocenters. The van der Waals surface area contributed by atoms with Crippen molar-refractivity contribution in [2.75, 3.05) is 6.61 Å². The van der Waals surface area contributed by atoms with Crippen LogP contribution in [0.1, 0.15) is 87.8 Å². The van der Waals surface area contributed by atoms with Crippen LogP contribution in [0.2, 0.25) is 0 Å². The van der Waals surface area contributed by atoms with Gasteiger partial charge >= 0.3 is 0 Å². The zero-order chi connectivity index (χ0) is 23.4. The van der Waals surface area contributed by atoms with Crippen LogP contribution in [0.3, 0.4) is 0 Å². The van der Waals surface area contributed by atoms with Gasteiger partial charge in [-0.05, 0) is 105 Å². The summed E-state index contributed by atoms with van der Waals surface area (Å²) in [5.74, 6) is 0.308. The third-order valence-electron chi connectivity index (χ3n) is 7.57. The molecule has 0 aromatic heterocycles. The maximum Gasteiger partial charge on any atom is 0.166 e. The molecule has 2 aromatic rings. The van der Waals surface area contributed by atoms with E-state index < -0.39 is 11.6 Å². The minimum Gasteiger partial charge on any atom is -0.494 e. The van der Waals surface area contributed by atoms with E-state index in [1.807, 2.05) is 19.1 Å². The van der Waals surface area contributed by atoms with Crippen LogP contribution >= 0.6 is 0 Å². The molecule has 4 rings (SSSR count). The van der Waals surface area contributed by atoms with Gasteiger partial charge in [0.2, 0.25) is 0 Å². The molecular formula is C29H35F3O. The van der Waals surface area contributed by atoms with Gasteiger partial charge in [-0.25, -0.2) is 13.2 Å². The van der Waals surface area contributed by atoms with Crippen molar-refractivity contribution in [2.24, 2.45) is 11.8 Å². The van der Waals surface area contributed by atoms with E-state index >= 15 is 0 Å². The third-order valence-corrected chi connectivity index (χ3v) is 7.57. The standard InChI is InChI=1S/C29H35F3O/c1-3-33-24-15-17-25(27(30)18-24)21-11-6-20(7-12-21)8-13-23-14-16-26(29(32)28(23)31)22-9-4-19(2)5-10-22/h9,14-21H,3-8,10-13H2,1-2H3. The van der Waals surface area contributed by atoms with Crippen LogP contribution < -0.4 is 4.74 Å². The Morgan fingerprint density at radius 2 is 1.73 bits per heavy atom. The average Bonchev–Trinajstić information content (AvgIpc) is 2.82. The minimum atomic E-state index is -0.692. The summed E-state index contributed by atoms with van der Waals surface area (Å²) in [6, 6.07) is 8.72. The first-order valence-electron chi connectivity index (χ1n) is 12.5. The zero-order valence-electron chi connectivity index (χ0n) is 19.8. The SMILES string of the molecule is CCOc1ccc(C2CCC(CCc3ccc(C4=CCC(C)CC4)c(F)c3F)CC2)c(F)c1. The van der Waals surface area contributed by atoms with Crippen LogP contribution in [0.25, 0.3) is 5.57 Å². The first-order valence-corrected chi connectivity index (χ1v) is 12.5. The summed E-state index contributed by atoms with van der Waals surface area (Å²) < 4.78 is 49.5. The number of hydrogen-bond donors (Lipinski definition) is 0. The lowest BCUT2D eigenvalue weighted by Crippen LogP contribution is -2.15. The molecule has 0 saturated heterocycles. The van der Waals surface area contributed by atoms with Crippen LogP contribution in [0.15, 0.2) is 36.4 Å². The molecule has 0 aliphatic heterocycles. The maximum atomic E-state index is 14.8. The van der Waals surface area contributed by atoms with E-state index in [9.17, 15) is 13.2 Å². The first-order chi connectivity index (χ1) is 16.0. The lowest BCUT2D eigenvalue weighted by atomic mass is 9.76. The number of hydrogen-bond acceptors (Lipinski definition) is 1. The summed E-state index contributed by atoms with van der Waals surface area (Å²) in [6.45, 7) is 4.60. The average molecular weight is 457 g/mol. The van der Waals surface area contributed by atoms with E-state index in [4.69, 9.17) is 4.74 Å². The highest BCUT2D eigenvalue weighted by Crippen LogP contribution is 2.39. The predicted octanol–water partition coefficient (Wildman–Crippen LogP) is 8.61. The Bertz CT molecular complexity index is 989. The maximum absolute atomic E-state index is 14.8. The molecule has 0 heterocycles. The van der Waals surface area contributed by atoms with Gasteiger partial charge in [0.1, 0.15) is 11.6 Å². The van der Waals surface area contributed by atoms with Crippen LogP contribution in [0.5, 0.6) is 5.75 Å². The van der Waals surface area contributed by atoms with Crippen molar-refractivity contribution in [1.29, 1.82) is 0 Å². The molecule has 0 amide bonds. The number of aryl methyl sites for hydroxylation is 1. The van der Waals surface area contributed by atoms with Crippen LogP contribution in [-0.4, -0.2) is 6.61 Å². The molecule has 1 nitrogen and oxygen atoms in total. The molecule has 0 spiro atoms. The fraction of sp³-hybridized carbons (Fsp3) is 0.517. The molecule has 2 aromatic carbocycles. The van der Waals surface area contributed by atoms with Crippen LogP contribution in [0.4, 0.5) is 13.2 Å². The molecule has 33 heavy (non-hydrogen) atoms. The summed E-state index contributed by atoms with van der Waals surface area (Å²) in [7, 11) is 0. The normalized spacial score (nSPS) is 23.3. The van der Waals surface area contributed by atoms with Crippen molar-refractivity contribution in [3.8, 4) is 5.75 Å².